The lowest BCUT2D eigenvalue weighted by atomic mass is 9.97. The predicted molar refractivity (Wildman–Crippen MR) is 112 cm³/mol. The number of nitrogens with zero attached hydrogens (tertiary/aromatic N) is 1. The molecule has 1 fully saturated rings. The Morgan fingerprint density at radius 3 is 2.37 bits per heavy atom. The second-order valence-electron chi connectivity index (χ2n) is 6.97. The maximum Gasteiger partial charge on any atom is 0.245 e. The van der Waals surface area contributed by atoms with E-state index >= 15 is 0 Å². The maximum absolute atomic E-state index is 13.9. The Kier molecular flexibility index (Phi) is 6.74. The highest BCUT2D eigenvalue weighted by molar-refractivity contribution is 7.89. The Morgan fingerprint density at radius 2 is 1.73 bits per heavy atom. The molecule has 2 aromatic carbocycles. The second-order valence-corrected chi connectivity index (χ2v) is 9.31. The zero-order valence-electron chi connectivity index (χ0n) is 16.2. The molecule has 1 aliphatic heterocycles. The van der Waals surface area contributed by atoms with Gasteiger partial charge in [0.25, 0.3) is 0 Å². The largest absolute Gasteiger partial charge is 0.325 e. The molecule has 160 valence electrons. The Hall–Kier alpha value is -2.49. The second kappa shape index (κ2) is 9.11. The molecule has 1 aliphatic rings. The molecule has 2 amide bonds. The van der Waals surface area contributed by atoms with Crippen molar-refractivity contribution in [3.8, 4) is 0 Å². The van der Waals surface area contributed by atoms with Crippen molar-refractivity contribution in [1.29, 1.82) is 0 Å². The molecule has 1 saturated heterocycles. The normalized spacial score (nSPS) is 15.6. The first-order valence-electron chi connectivity index (χ1n) is 9.31. The first-order valence-corrected chi connectivity index (χ1v) is 11.1. The van der Waals surface area contributed by atoms with Crippen molar-refractivity contribution in [2.75, 3.05) is 23.7 Å². The zero-order chi connectivity index (χ0) is 21.9. The molecule has 0 aromatic heterocycles. The van der Waals surface area contributed by atoms with Gasteiger partial charge in [0.15, 0.2) is 0 Å². The van der Waals surface area contributed by atoms with Gasteiger partial charge < -0.3 is 10.6 Å². The van der Waals surface area contributed by atoms with Crippen LogP contribution in [0.15, 0.2) is 47.4 Å². The maximum atomic E-state index is 13.9. The minimum Gasteiger partial charge on any atom is -0.325 e. The van der Waals surface area contributed by atoms with E-state index in [9.17, 15) is 22.4 Å². The Bertz CT molecular complexity index is 1070. The Morgan fingerprint density at radius 1 is 1.07 bits per heavy atom. The molecule has 7 nitrogen and oxygen atoms in total. The van der Waals surface area contributed by atoms with Crippen molar-refractivity contribution in [2.24, 2.45) is 5.92 Å². The lowest BCUT2D eigenvalue weighted by molar-refractivity contribution is -0.121. The third-order valence-electron chi connectivity index (χ3n) is 4.83. The molecule has 30 heavy (non-hydrogen) atoms. The van der Waals surface area contributed by atoms with Gasteiger partial charge in [-0.15, -0.1) is 0 Å². The number of halogens is 2. The van der Waals surface area contributed by atoms with Gasteiger partial charge in [-0.2, -0.15) is 4.31 Å². The fourth-order valence-electron chi connectivity index (χ4n) is 3.30. The number of amides is 2. The van der Waals surface area contributed by atoms with E-state index in [0.29, 0.717) is 16.4 Å². The van der Waals surface area contributed by atoms with Crippen LogP contribution in [0.2, 0.25) is 5.02 Å². The number of carbonyl (C=O) groups excluding carboxylic acids is 2. The van der Waals surface area contributed by atoms with Gasteiger partial charge in [-0.25, -0.2) is 12.8 Å². The standard InChI is InChI=1S/C20H21ClFN3O4S/c1-13(26)23-17-7-6-15(21)12-18(17)24-20(27)14-8-10-25(11-9-14)30(28,29)19-5-3-2-4-16(19)22/h2-7,12,14H,8-11H2,1H3,(H,23,26)(H,24,27). The fourth-order valence-corrected chi connectivity index (χ4v) is 5.01. The number of rotatable bonds is 5. The summed E-state index contributed by atoms with van der Waals surface area (Å²) in [7, 11) is -3.96. The number of benzene rings is 2. The van der Waals surface area contributed by atoms with Crippen LogP contribution in [-0.2, 0) is 19.6 Å². The third kappa shape index (κ3) is 4.97. The van der Waals surface area contributed by atoms with Crippen LogP contribution in [0, 0.1) is 11.7 Å². The van der Waals surface area contributed by atoms with E-state index in [4.69, 9.17) is 11.6 Å². The Balaban J connectivity index is 1.67. The molecule has 0 unspecified atom stereocenters. The van der Waals surface area contributed by atoms with Crippen LogP contribution in [0.4, 0.5) is 15.8 Å². The molecular weight excluding hydrogens is 433 g/mol. The van der Waals surface area contributed by atoms with Crippen LogP contribution in [0.5, 0.6) is 0 Å². The minimum absolute atomic E-state index is 0.100. The van der Waals surface area contributed by atoms with E-state index in [1.165, 1.54) is 35.5 Å². The van der Waals surface area contributed by atoms with E-state index in [0.717, 1.165) is 6.07 Å². The smallest absolute Gasteiger partial charge is 0.245 e. The molecule has 0 atom stereocenters. The number of carbonyl (C=O) groups is 2. The number of hydrogen-bond acceptors (Lipinski definition) is 4. The molecule has 0 radical (unpaired) electrons. The van der Waals surface area contributed by atoms with Crippen molar-refractivity contribution >= 4 is 44.8 Å². The van der Waals surface area contributed by atoms with Gasteiger partial charge in [-0.1, -0.05) is 23.7 Å². The van der Waals surface area contributed by atoms with E-state index in [2.05, 4.69) is 10.6 Å². The summed E-state index contributed by atoms with van der Waals surface area (Å²) in [5.41, 5.74) is 0.781. The summed E-state index contributed by atoms with van der Waals surface area (Å²) in [6.07, 6.45) is 0.575. The summed E-state index contributed by atoms with van der Waals surface area (Å²) in [6, 6.07) is 9.93. The first kappa shape index (κ1) is 22.2. The quantitative estimate of drug-likeness (QED) is 0.724. The lowest BCUT2D eigenvalue weighted by Crippen LogP contribution is -2.41. The van der Waals surface area contributed by atoms with E-state index < -0.39 is 21.8 Å². The average Bonchev–Trinajstić information content (AvgIpc) is 2.70. The summed E-state index contributed by atoms with van der Waals surface area (Å²) >= 11 is 5.99. The van der Waals surface area contributed by atoms with Gasteiger partial charge in [0.05, 0.1) is 11.4 Å². The number of nitrogens with one attached hydrogen (secondary N) is 2. The van der Waals surface area contributed by atoms with E-state index in [1.807, 2.05) is 0 Å². The van der Waals surface area contributed by atoms with Crippen molar-refractivity contribution in [1.82, 2.24) is 4.31 Å². The molecule has 3 rings (SSSR count). The molecule has 2 N–H and O–H groups in total. The fraction of sp³-hybridized carbons (Fsp3) is 0.300. The van der Waals surface area contributed by atoms with Gasteiger partial charge in [0, 0.05) is 31.0 Å². The molecule has 10 heteroatoms. The van der Waals surface area contributed by atoms with Crippen molar-refractivity contribution in [3.05, 3.63) is 53.3 Å². The van der Waals surface area contributed by atoms with Gasteiger partial charge in [-0.05, 0) is 43.2 Å². The number of sulfonamides is 1. The predicted octanol–water partition coefficient (Wildman–Crippen LogP) is 3.48. The minimum atomic E-state index is -3.96. The number of anilines is 2. The summed E-state index contributed by atoms with van der Waals surface area (Å²) < 4.78 is 40.5. The van der Waals surface area contributed by atoms with Gasteiger partial charge in [0.2, 0.25) is 21.8 Å². The SMILES string of the molecule is CC(=O)Nc1ccc(Cl)cc1NC(=O)C1CCN(S(=O)(=O)c2ccccc2F)CC1. The van der Waals surface area contributed by atoms with E-state index in [1.54, 1.807) is 12.1 Å². The van der Waals surface area contributed by atoms with E-state index in [-0.39, 0.29) is 42.6 Å². The highest BCUT2D eigenvalue weighted by Gasteiger charge is 2.33. The number of piperidine rings is 1. The molecular formula is C20H21ClFN3O4S. The molecule has 0 aliphatic carbocycles. The molecule has 1 heterocycles. The van der Waals surface area contributed by atoms with Crippen LogP contribution in [0.3, 0.4) is 0 Å². The van der Waals surface area contributed by atoms with Crippen molar-refractivity contribution in [2.45, 2.75) is 24.7 Å². The highest BCUT2D eigenvalue weighted by Crippen LogP contribution is 2.29. The van der Waals surface area contributed by atoms with Crippen molar-refractivity contribution in [3.63, 3.8) is 0 Å². The average molecular weight is 454 g/mol. The molecule has 2 aromatic rings. The highest BCUT2D eigenvalue weighted by atomic mass is 35.5. The summed E-state index contributed by atoms with van der Waals surface area (Å²) in [4.78, 5) is 23.7. The van der Waals surface area contributed by atoms with Crippen LogP contribution in [0.25, 0.3) is 0 Å². The van der Waals surface area contributed by atoms with Crippen LogP contribution >= 0.6 is 11.6 Å². The number of hydrogen-bond donors (Lipinski definition) is 2. The molecule has 0 bridgehead atoms. The van der Waals surface area contributed by atoms with Gasteiger partial charge in [-0.3, -0.25) is 9.59 Å². The zero-order valence-corrected chi connectivity index (χ0v) is 17.8. The third-order valence-corrected chi connectivity index (χ3v) is 7.00. The van der Waals surface area contributed by atoms with Crippen LogP contribution in [0.1, 0.15) is 19.8 Å². The summed E-state index contributed by atoms with van der Waals surface area (Å²) in [5, 5.41) is 5.77. The summed E-state index contributed by atoms with van der Waals surface area (Å²) in [5.74, 6) is -1.82. The van der Waals surface area contributed by atoms with Crippen molar-refractivity contribution < 1.29 is 22.4 Å². The van der Waals surface area contributed by atoms with Crippen LogP contribution in [-0.4, -0.2) is 37.6 Å². The van der Waals surface area contributed by atoms with Gasteiger partial charge >= 0.3 is 0 Å². The van der Waals surface area contributed by atoms with Crippen LogP contribution < -0.4 is 10.6 Å². The lowest BCUT2D eigenvalue weighted by Gasteiger charge is -2.30. The molecule has 0 spiro atoms. The van der Waals surface area contributed by atoms with Gasteiger partial charge in [0.1, 0.15) is 10.7 Å². The summed E-state index contributed by atoms with van der Waals surface area (Å²) in [6.45, 7) is 1.55. The monoisotopic (exact) mass is 453 g/mol. The Labute approximate surface area is 179 Å². The topological polar surface area (TPSA) is 95.6 Å². The first-order chi connectivity index (χ1) is 14.2. The molecule has 0 saturated carbocycles.